The Hall–Kier alpha value is -1.94. The molecule has 0 amide bonds. The molecule has 17 nitrogen and oxygen atoms in total. The monoisotopic (exact) mass is 1580 g/mol. The van der Waals surface area contributed by atoms with Crippen molar-refractivity contribution in [2.45, 2.75) is 491 Å². The average molecular weight is 1580 g/mol. The fraction of sp³-hybridized carbons (Fsp3) is 0.955. The number of aliphatic hydroxyl groups excluding tert-OH is 1. The van der Waals surface area contributed by atoms with Crippen molar-refractivity contribution < 1.29 is 80.2 Å². The summed E-state index contributed by atoms with van der Waals surface area (Å²) in [6, 6.07) is 0. The number of esters is 4. The van der Waals surface area contributed by atoms with Crippen LogP contribution in [-0.4, -0.2) is 96.7 Å². The lowest BCUT2D eigenvalue weighted by atomic mass is 9.99. The summed E-state index contributed by atoms with van der Waals surface area (Å²) in [5.41, 5.74) is 0. The molecule has 3 N–H and O–H groups in total. The van der Waals surface area contributed by atoms with Gasteiger partial charge in [0.25, 0.3) is 0 Å². The largest absolute Gasteiger partial charge is 0.472 e. The number of carbonyl (C=O) groups excluding carboxylic acids is 4. The Morgan fingerprint density at radius 1 is 0.269 bits per heavy atom. The van der Waals surface area contributed by atoms with Gasteiger partial charge in [-0.1, -0.05) is 421 Å². The van der Waals surface area contributed by atoms with Crippen LogP contribution in [0.25, 0.3) is 0 Å². The van der Waals surface area contributed by atoms with Crippen LogP contribution < -0.4 is 0 Å². The number of carbonyl (C=O) groups is 4. The van der Waals surface area contributed by atoms with Crippen LogP contribution in [-0.2, 0) is 65.4 Å². The molecule has 0 fully saturated rings. The maximum atomic E-state index is 13.2. The van der Waals surface area contributed by atoms with E-state index in [1.807, 2.05) is 0 Å². The van der Waals surface area contributed by atoms with Crippen LogP contribution in [0.5, 0.6) is 0 Å². The van der Waals surface area contributed by atoms with Crippen molar-refractivity contribution in [1.29, 1.82) is 0 Å². The van der Waals surface area contributed by atoms with E-state index in [0.29, 0.717) is 25.7 Å². The van der Waals surface area contributed by atoms with Crippen molar-refractivity contribution in [2.24, 2.45) is 17.8 Å². The Morgan fingerprint density at radius 2 is 0.472 bits per heavy atom. The van der Waals surface area contributed by atoms with Gasteiger partial charge in [0, 0.05) is 25.7 Å². The summed E-state index contributed by atoms with van der Waals surface area (Å²) in [7, 11) is -9.93. The number of rotatable bonds is 87. The third-order valence-corrected chi connectivity index (χ3v) is 23.5. The number of phosphoric ester groups is 2. The lowest BCUT2D eigenvalue weighted by Gasteiger charge is -2.21. The Bertz CT molecular complexity index is 2080. The molecule has 19 heteroatoms. The molecule has 0 aliphatic rings. The molecule has 7 atom stereocenters. The smallest absolute Gasteiger partial charge is 0.462 e. The fourth-order valence-electron chi connectivity index (χ4n) is 13.8. The summed E-state index contributed by atoms with van der Waals surface area (Å²) in [6.07, 6.45) is 70.6. The molecule has 0 aromatic carbocycles. The first-order chi connectivity index (χ1) is 52.3. The van der Waals surface area contributed by atoms with Crippen molar-refractivity contribution in [3.8, 4) is 0 Å². The molecule has 4 unspecified atom stereocenters. The molecule has 0 heterocycles. The highest BCUT2D eigenvalue weighted by Crippen LogP contribution is 2.45. The van der Waals surface area contributed by atoms with E-state index in [-0.39, 0.29) is 25.7 Å². The SMILES string of the molecule is CCCCCCCCCCCCCCCC(=O)OC[C@H](COP(=O)(O)OC[C@H](O)COP(=O)(O)OC[C@@H](COC(=O)CCCCCCCCCCCCCCCCC(C)CC)OC(=O)CCCCCCCCCCCCCCCCCCCCC(C)CC)OC(=O)CCCCCCCCCCCCCCC(C)C. The molecule has 0 rings (SSSR count). The molecule has 0 aromatic rings. The van der Waals surface area contributed by atoms with Crippen molar-refractivity contribution in [2.75, 3.05) is 39.6 Å². The molecule has 0 aliphatic heterocycles. The Morgan fingerprint density at radius 3 is 0.704 bits per heavy atom. The van der Waals surface area contributed by atoms with Crippen molar-refractivity contribution >= 4 is 39.5 Å². The maximum Gasteiger partial charge on any atom is 0.472 e. The number of hydrogen-bond donors (Lipinski definition) is 3. The van der Waals surface area contributed by atoms with Gasteiger partial charge >= 0.3 is 39.5 Å². The molecule has 0 bridgehead atoms. The minimum absolute atomic E-state index is 0.107. The van der Waals surface area contributed by atoms with Crippen LogP contribution in [0.2, 0.25) is 0 Å². The Labute approximate surface area is 664 Å². The van der Waals surface area contributed by atoms with E-state index in [1.165, 1.54) is 283 Å². The predicted octanol–water partition coefficient (Wildman–Crippen LogP) is 27.3. The van der Waals surface area contributed by atoms with Crippen molar-refractivity contribution in [1.82, 2.24) is 0 Å². The summed E-state index contributed by atoms with van der Waals surface area (Å²) in [4.78, 5) is 73.4. The second-order valence-corrected chi connectivity index (χ2v) is 35.9. The van der Waals surface area contributed by atoms with E-state index in [1.54, 1.807) is 0 Å². The van der Waals surface area contributed by atoms with E-state index in [2.05, 4.69) is 48.5 Å². The fourth-order valence-corrected chi connectivity index (χ4v) is 15.4. The van der Waals surface area contributed by atoms with Gasteiger partial charge in [-0.05, 0) is 43.4 Å². The molecular formula is C89H174O17P2. The molecule has 0 saturated carbocycles. The molecule has 0 saturated heterocycles. The highest BCUT2D eigenvalue weighted by Gasteiger charge is 2.31. The van der Waals surface area contributed by atoms with Crippen molar-refractivity contribution in [3.63, 3.8) is 0 Å². The molecular weight excluding hydrogens is 1400 g/mol. The van der Waals surface area contributed by atoms with Gasteiger partial charge < -0.3 is 33.8 Å². The molecule has 108 heavy (non-hydrogen) atoms. The number of phosphoric acid groups is 2. The van der Waals surface area contributed by atoms with Gasteiger partial charge in [0.1, 0.15) is 19.3 Å². The topological polar surface area (TPSA) is 237 Å². The standard InChI is InChI=1S/C89H174O17P2/c1-8-11-12-13-14-15-16-25-35-42-49-56-63-70-86(91)99-76-85(106-89(94)73-66-59-52-45-38-31-30-32-39-46-53-60-67-80(4)5)79-104-108(97,98)102-75-83(90)74-101-107(95,96)103-78-84(77-100-87(92)71-64-57-50-43-36-28-24-23-27-34-41-48-55-62-69-82(7)10-3)105-88(93)72-65-58-51-44-37-29-22-20-18-17-19-21-26-33-40-47-54-61-68-81(6)9-2/h80-85,90H,8-79H2,1-7H3,(H,95,96)(H,97,98)/t81?,82?,83-,84-,85-/m1/s1. The second-order valence-electron chi connectivity index (χ2n) is 32.9. The van der Waals surface area contributed by atoms with Gasteiger partial charge in [-0.3, -0.25) is 37.3 Å². The number of aliphatic hydroxyl groups is 1. The van der Waals surface area contributed by atoms with Gasteiger partial charge in [0.15, 0.2) is 12.2 Å². The molecule has 642 valence electrons. The van der Waals surface area contributed by atoms with Crippen LogP contribution in [0.3, 0.4) is 0 Å². The quantitative estimate of drug-likeness (QED) is 0.0222. The first-order valence-corrected chi connectivity index (χ1v) is 48.9. The van der Waals surface area contributed by atoms with Gasteiger partial charge in [0.05, 0.1) is 26.4 Å². The van der Waals surface area contributed by atoms with Crippen LogP contribution in [0.15, 0.2) is 0 Å². The summed E-state index contributed by atoms with van der Waals surface area (Å²) in [5, 5.41) is 10.7. The number of hydrogen-bond acceptors (Lipinski definition) is 15. The van der Waals surface area contributed by atoms with Gasteiger partial charge in [0.2, 0.25) is 0 Å². The van der Waals surface area contributed by atoms with E-state index in [0.717, 1.165) is 108 Å². The van der Waals surface area contributed by atoms with Crippen LogP contribution in [0.4, 0.5) is 0 Å². The third kappa shape index (κ3) is 79.3. The zero-order valence-corrected chi connectivity index (χ0v) is 73.1. The Balaban J connectivity index is 5.26. The molecule has 0 aromatic heterocycles. The number of ether oxygens (including phenoxy) is 4. The summed E-state index contributed by atoms with van der Waals surface area (Å²) < 4.78 is 69.0. The zero-order chi connectivity index (χ0) is 79.3. The highest BCUT2D eigenvalue weighted by atomic mass is 31.2. The van der Waals surface area contributed by atoms with Crippen LogP contribution in [0, 0.1) is 17.8 Å². The summed E-state index contributed by atoms with van der Waals surface area (Å²) in [5.74, 6) is 0.399. The predicted molar refractivity (Wildman–Crippen MR) is 446 cm³/mol. The summed E-state index contributed by atoms with van der Waals surface area (Å²) >= 11 is 0. The molecule has 0 aliphatic carbocycles. The third-order valence-electron chi connectivity index (χ3n) is 21.6. The first kappa shape index (κ1) is 106. The lowest BCUT2D eigenvalue weighted by molar-refractivity contribution is -0.161. The van der Waals surface area contributed by atoms with Gasteiger partial charge in [-0.15, -0.1) is 0 Å². The normalized spacial score (nSPS) is 14.3. The van der Waals surface area contributed by atoms with E-state index in [4.69, 9.17) is 37.0 Å². The second kappa shape index (κ2) is 78.9. The highest BCUT2D eigenvalue weighted by molar-refractivity contribution is 7.47. The van der Waals surface area contributed by atoms with E-state index < -0.39 is 97.5 Å². The van der Waals surface area contributed by atoms with Crippen LogP contribution >= 0.6 is 15.6 Å². The minimum atomic E-state index is -4.97. The van der Waals surface area contributed by atoms with Crippen molar-refractivity contribution in [3.05, 3.63) is 0 Å². The van der Waals surface area contributed by atoms with Crippen LogP contribution in [0.1, 0.15) is 472 Å². The zero-order valence-electron chi connectivity index (χ0n) is 71.3. The Kier molecular flexibility index (Phi) is 77.5. The lowest BCUT2D eigenvalue weighted by Crippen LogP contribution is -2.30. The minimum Gasteiger partial charge on any atom is -0.462 e. The van der Waals surface area contributed by atoms with E-state index >= 15 is 0 Å². The average Bonchev–Trinajstić information content (AvgIpc) is 0.903. The molecule has 0 radical (unpaired) electrons. The molecule has 0 spiro atoms. The van der Waals surface area contributed by atoms with Gasteiger partial charge in [-0.2, -0.15) is 0 Å². The number of unbranched alkanes of at least 4 members (excludes halogenated alkanes) is 53. The van der Waals surface area contributed by atoms with Gasteiger partial charge in [-0.25, -0.2) is 9.13 Å². The summed E-state index contributed by atoms with van der Waals surface area (Å²) in [6.45, 7) is 12.1. The van der Waals surface area contributed by atoms with E-state index in [9.17, 15) is 43.2 Å². The maximum absolute atomic E-state index is 13.2. The first-order valence-electron chi connectivity index (χ1n) is 45.9.